The number of halogens is 1. The molecule has 1 fully saturated rings. The van der Waals surface area contributed by atoms with Gasteiger partial charge in [0, 0.05) is 67.5 Å². The normalized spacial score (nSPS) is 18.1. The molecule has 2 amide bonds. The number of aromatic nitrogens is 1. The number of carbonyl (C=O) groups is 2. The first-order valence-electron chi connectivity index (χ1n) is 13.5. The van der Waals surface area contributed by atoms with Crippen molar-refractivity contribution >= 4 is 56.5 Å². The zero-order chi connectivity index (χ0) is 28.9. The maximum atomic E-state index is 13.7. The number of hydrogen-bond acceptors (Lipinski definition) is 6. The highest BCUT2D eigenvalue weighted by Gasteiger charge is 2.34. The fraction of sp³-hybridized carbons (Fsp3) is 0.310. The number of piperazine rings is 1. The molecule has 3 N–H and O–H groups in total. The second kappa shape index (κ2) is 10.6. The van der Waals surface area contributed by atoms with Gasteiger partial charge >= 0.3 is 0 Å². The number of H-pyrrole nitrogens is 1. The van der Waals surface area contributed by atoms with Crippen molar-refractivity contribution in [1.82, 2.24) is 14.8 Å². The van der Waals surface area contributed by atoms with Crippen LogP contribution in [-0.4, -0.2) is 86.5 Å². The van der Waals surface area contributed by atoms with Crippen molar-refractivity contribution in [3.8, 4) is 0 Å². The monoisotopic (exact) mass is 595 g/mol. The fourth-order valence-corrected chi connectivity index (χ4v) is 7.49. The summed E-state index contributed by atoms with van der Waals surface area (Å²) in [5, 5.41) is 13.1. The third-order valence-corrected chi connectivity index (χ3v) is 10.1. The van der Waals surface area contributed by atoms with E-state index in [1.54, 1.807) is 41.4 Å². The molecular formula is C29H30ClN5O5S. The van der Waals surface area contributed by atoms with Gasteiger partial charge in [0.15, 0.2) is 0 Å². The molecule has 0 aliphatic carbocycles. The van der Waals surface area contributed by atoms with Crippen LogP contribution in [0.5, 0.6) is 0 Å². The molecule has 0 spiro atoms. The molecule has 6 rings (SSSR count). The van der Waals surface area contributed by atoms with E-state index < -0.39 is 10.0 Å². The molecule has 0 bridgehead atoms. The Labute approximate surface area is 243 Å². The summed E-state index contributed by atoms with van der Waals surface area (Å²) in [5.41, 5.74) is 4.14. The highest BCUT2D eigenvalue weighted by molar-refractivity contribution is 7.92. The van der Waals surface area contributed by atoms with Crippen LogP contribution in [0.15, 0.2) is 47.5 Å². The number of anilines is 2. The molecule has 10 nitrogen and oxygen atoms in total. The number of likely N-dealkylation sites (N-methyl/N-ethyl adjacent to an activating group) is 1. The maximum absolute atomic E-state index is 13.7. The first kappa shape index (κ1) is 27.5. The summed E-state index contributed by atoms with van der Waals surface area (Å²) in [6.45, 7) is 2.87. The quantitative estimate of drug-likeness (QED) is 0.376. The summed E-state index contributed by atoms with van der Waals surface area (Å²) in [6, 6.07) is 9.78. The van der Waals surface area contributed by atoms with E-state index in [0.717, 1.165) is 18.7 Å². The first-order chi connectivity index (χ1) is 19.7. The lowest BCUT2D eigenvalue weighted by Crippen LogP contribution is -2.47. The van der Waals surface area contributed by atoms with E-state index in [1.165, 1.54) is 16.4 Å². The predicted octanol–water partition coefficient (Wildman–Crippen LogP) is 2.83. The van der Waals surface area contributed by atoms with Crippen LogP contribution in [0, 0.1) is 0 Å². The van der Waals surface area contributed by atoms with Crippen LogP contribution in [0.1, 0.15) is 32.7 Å². The number of benzene rings is 2. The van der Waals surface area contributed by atoms with E-state index in [0.29, 0.717) is 58.3 Å². The molecule has 0 atom stereocenters. The Morgan fingerprint density at radius 2 is 1.90 bits per heavy atom. The molecule has 3 aliphatic rings. The van der Waals surface area contributed by atoms with Gasteiger partial charge in [-0.25, -0.2) is 8.42 Å². The predicted molar refractivity (Wildman–Crippen MR) is 158 cm³/mol. The number of fused-ring (bicyclic) bond motifs is 2. The molecule has 0 saturated carbocycles. The summed E-state index contributed by atoms with van der Waals surface area (Å²) in [6.07, 6.45) is 3.97. The number of sulfonamides is 1. The van der Waals surface area contributed by atoms with Crippen LogP contribution in [0.2, 0.25) is 5.02 Å². The third kappa shape index (κ3) is 4.82. The molecule has 12 heteroatoms. The minimum absolute atomic E-state index is 0.0551. The standard InChI is InChI=1S/C29H30ClN5O5S/c1-33-10-12-34(13-11-33)29(38)23-17-31-26(19(23)8-14-36)16-22-21-15-18(5-6-25(21)32-28(22)37)41(39,40)35-9-7-20-24(30)3-2-4-27(20)35/h2-6,15-17,31,36H,7-14H2,1H3,(H,32,37)/b22-16-. The van der Waals surface area contributed by atoms with Crippen molar-refractivity contribution in [2.45, 2.75) is 17.7 Å². The Balaban J connectivity index is 1.35. The van der Waals surface area contributed by atoms with Crippen LogP contribution in [0.4, 0.5) is 11.4 Å². The van der Waals surface area contributed by atoms with Gasteiger partial charge < -0.3 is 25.2 Å². The number of nitrogens with zero attached hydrogens (tertiary/aromatic N) is 3. The summed E-state index contributed by atoms with van der Waals surface area (Å²) >= 11 is 6.31. The second-order valence-electron chi connectivity index (χ2n) is 10.4. The van der Waals surface area contributed by atoms with E-state index in [9.17, 15) is 23.1 Å². The van der Waals surface area contributed by atoms with Crippen LogP contribution in [0.25, 0.3) is 11.6 Å². The van der Waals surface area contributed by atoms with Crippen molar-refractivity contribution in [2.24, 2.45) is 0 Å². The number of aromatic amines is 1. The van der Waals surface area contributed by atoms with Gasteiger partial charge in [-0.2, -0.15) is 0 Å². The molecule has 41 heavy (non-hydrogen) atoms. The number of rotatable bonds is 6. The molecule has 3 aromatic rings. The Morgan fingerprint density at radius 1 is 1.12 bits per heavy atom. The number of aliphatic hydroxyl groups is 1. The van der Waals surface area contributed by atoms with Crippen molar-refractivity contribution < 1.29 is 23.1 Å². The van der Waals surface area contributed by atoms with E-state index in [-0.39, 0.29) is 41.9 Å². The summed E-state index contributed by atoms with van der Waals surface area (Å²) in [5.74, 6) is -0.512. The largest absolute Gasteiger partial charge is 0.396 e. The first-order valence-corrected chi connectivity index (χ1v) is 15.3. The van der Waals surface area contributed by atoms with Gasteiger partial charge in [0.05, 0.1) is 21.7 Å². The highest BCUT2D eigenvalue weighted by Crippen LogP contribution is 2.40. The smallest absolute Gasteiger partial charge is 0.264 e. The summed E-state index contributed by atoms with van der Waals surface area (Å²) in [7, 11) is -1.92. The van der Waals surface area contributed by atoms with Gasteiger partial charge in [-0.3, -0.25) is 13.9 Å². The zero-order valence-corrected chi connectivity index (χ0v) is 24.1. The van der Waals surface area contributed by atoms with E-state index >= 15 is 0 Å². The molecule has 2 aromatic carbocycles. The molecule has 214 valence electrons. The van der Waals surface area contributed by atoms with Crippen LogP contribution in [0.3, 0.4) is 0 Å². The molecule has 1 saturated heterocycles. The van der Waals surface area contributed by atoms with Gasteiger partial charge in [0.25, 0.3) is 21.8 Å². The highest BCUT2D eigenvalue weighted by atomic mass is 35.5. The number of nitrogens with one attached hydrogen (secondary N) is 2. The SMILES string of the molecule is CN1CCN(C(=O)c2c[nH]c(/C=C3\C(=O)Nc4ccc(S(=O)(=O)N5CCc6c(Cl)cccc65)cc43)c2CCO)CC1. The third-order valence-electron chi connectivity index (χ3n) is 7.98. The van der Waals surface area contributed by atoms with Crippen LogP contribution < -0.4 is 9.62 Å². The number of carbonyl (C=O) groups excluding carboxylic acids is 2. The summed E-state index contributed by atoms with van der Waals surface area (Å²) < 4.78 is 28.8. The Bertz CT molecular complexity index is 1690. The Morgan fingerprint density at radius 3 is 2.66 bits per heavy atom. The number of amides is 2. The van der Waals surface area contributed by atoms with Gasteiger partial charge in [-0.05, 0) is 67.4 Å². The molecule has 0 unspecified atom stereocenters. The Kier molecular flexibility index (Phi) is 7.14. The lowest BCUT2D eigenvalue weighted by atomic mass is 10.0. The molecule has 1 aromatic heterocycles. The lowest BCUT2D eigenvalue weighted by molar-refractivity contribution is -0.110. The minimum atomic E-state index is -3.93. The number of aliphatic hydroxyl groups excluding tert-OH is 1. The van der Waals surface area contributed by atoms with Crippen molar-refractivity contribution in [2.75, 3.05) is 56.0 Å². The lowest BCUT2D eigenvalue weighted by Gasteiger charge is -2.32. The van der Waals surface area contributed by atoms with E-state index in [2.05, 4.69) is 15.2 Å². The molecular weight excluding hydrogens is 566 g/mol. The molecule has 0 radical (unpaired) electrons. The number of hydrogen-bond donors (Lipinski definition) is 3. The van der Waals surface area contributed by atoms with E-state index in [4.69, 9.17) is 11.6 Å². The van der Waals surface area contributed by atoms with Crippen molar-refractivity contribution in [3.05, 3.63) is 75.6 Å². The topological polar surface area (TPSA) is 126 Å². The van der Waals surface area contributed by atoms with Gasteiger partial charge in [-0.15, -0.1) is 0 Å². The second-order valence-corrected chi connectivity index (χ2v) is 12.7. The molecule has 4 heterocycles. The van der Waals surface area contributed by atoms with Gasteiger partial charge in [0.2, 0.25) is 0 Å². The average Bonchev–Trinajstić information content (AvgIpc) is 3.65. The Hall–Kier alpha value is -3.64. The zero-order valence-electron chi connectivity index (χ0n) is 22.5. The van der Waals surface area contributed by atoms with Crippen molar-refractivity contribution in [3.63, 3.8) is 0 Å². The van der Waals surface area contributed by atoms with Gasteiger partial charge in [0.1, 0.15) is 0 Å². The van der Waals surface area contributed by atoms with Crippen LogP contribution >= 0.6 is 11.6 Å². The van der Waals surface area contributed by atoms with E-state index in [1.807, 2.05) is 7.05 Å². The fourth-order valence-electron chi connectivity index (χ4n) is 5.70. The summed E-state index contributed by atoms with van der Waals surface area (Å²) in [4.78, 5) is 33.5. The average molecular weight is 596 g/mol. The van der Waals surface area contributed by atoms with Gasteiger partial charge in [-0.1, -0.05) is 17.7 Å². The molecule has 3 aliphatic heterocycles. The maximum Gasteiger partial charge on any atom is 0.264 e. The van der Waals surface area contributed by atoms with Crippen LogP contribution in [-0.2, 0) is 27.7 Å². The minimum Gasteiger partial charge on any atom is -0.396 e. The van der Waals surface area contributed by atoms with Crippen molar-refractivity contribution in [1.29, 1.82) is 0 Å².